The van der Waals surface area contributed by atoms with Gasteiger partial charge in [-0.1, -0.05) is 0 Å². The highest BCUT2D eigenvalue weighted by molar-refractivity contribution is 7.99. The summed E-state index contributed by atoms with van der Waals surface area (Å²) in [5, 5.41) is 0.627. The molecule has 1 aliphatic heterocycles. The molecule has 0 aromatic carbocycles. The van der Waals surface area contributed by atoms with Crippen molar-refractivity contribution in [3.8, 4) is 0 Å². The lowest BCUT2D eigenvalue weighted by Crippen LogP contribution is -2.06. The zero-order valence-corrected chi connectivity index (χ0v) is 10.2. The van der Waals surface area contributed by atoms with Crippen molar-refractivity contribution in [3.05, 3.63) is 23.8 Å². The monoisotopic (exact) mass is 245 g/mol. The number of hydrogen-bond acceptors (Lipinski definition) is 4. The molecule has 1 unspecified atom stereocenters. The van der Waals surface area contributed by atoms with Crippen LogP contribution in [0.3, 0.4) is 0 Å². The molecule has 1 atom stereocenters. The fourth-order valence-corrected chi connectivity index (χ4v) is 2.90. The topological polar surface area (TPSA) is 51.8 Å². The molecule has 5 heteroatoms. The third-order valence-corrected chi connectivity index (χ3v) is 3.83. The van der Waals surface area contributed by atoms with E-state index in [1.54, 1.807) is 0 Å². The summed E-state index contributed by atoms with van der Waals surface area (Å²) in [6.45, 7) is 0.623. The number of nitrogens with two attached hydrogens (primary N) is 1. The standard InChI is InChI=1S/C10H15N3S.ClH/c11-4-3-10-12-6-8(7-13-10)9-2-1-5-14-9;/h6-7,9H,1-5,11H2;1H. The lowest BCUT2D eigenvalue weighted by molar-refractivity contribution is 0.802. The molecular weight excluding hydrogens is 230 g/mol. The average molecular weight is 246 g/mol. The molecular formula is C10H16ClN3S. The fourth-order valence-electron chi connectivity index (χ4n) is 1.63. The van der Waals surface area contributed by atoms with Gasteiger partial charge in [-0.2, -0.15) is 11.8 Å². The van der Waals surface area contributed by atoms with Crippen LogP contribution in [-0.2, 0) is 6.42 Å². The van der Waals surface area contributed by atoms with E-state index in [2.05, 4.69) is 9.97 Å². The van der Waals surface area contributed by atoms with E-state index in [0.717, 1.165) is 12.2 Å². The molecule has 1 aromatic rings. The summed E-state index contributed by atoms with van der Waals surface area (Å²) in [5.74, 6) is 2.13. The van der Waals surface area contributed by atoms with Crippen LogP contribution in [0.4, 0.5) is 0 Å². The van der Waals surface area contributed by atoms with Gasteiger partial charge in [0.25, 0.3) is 0 Å². The minimum atomic E-state index is 0. The van der Waals surface area contributed by atoms with Crippen LogP contribution in [0.2, 0.25) is 0 Å². The van der Waals surface area contributed by atoms with Crippen molar-refractivity contribution >= 4 is 24.2 Å². The number of nitrogens with zero attached hydrogens (tertiary/aromatic N) is 2. The summed E-state index contributed by atoms with van der Waals surface area (Å²) >= 11 is 2.01. The Balaban J connectivity index is 0.00000112. The second-order valence-corrected chi connectivity index (χ2v) is 4.78. The fraction of sp³-hybridized carbons (Fsp3) is 0.600. The maximum absolute atomic E-state index is 5.44. The molecule has 1 aliphatic rings. The molecule has 2 N–H and O–H groups in total. The molecule has 2 heterocycles. The lowest BCUT2D eigenvalue weighted by atomic mass is 10.1. The van der Waals surface area contributed by atoms with Gasteiger partial charge in [0, 0.05) is 29.6 Å². The van der Waals surface area contributed by atoms with E-state index in [9.17, 15) is 0 Å². The van der Waals surface area contributed by atoms with Gasteiger partial charge >= 0.3 is 0 Å². The first kappa shape index (κ1) is 12.7. The molecule has 3 nitrogen and oxygen atoms in total. The Bertz CT molecular complexity index is 285. The minimum absolute atomic E-state index is 0. The predicted octanol–water partition coefficient (Wildman–Crippen LogP) is 1.97. The van der Waals surface area contributed by atoms with E-state index < -0.39 is 0 Å². The maximum atomic E-state index is 5.44. The summed E-state index contributed by atoms with van der Waals surface area (Å²) in [4.78, 5) is 8.62. The summed E-state index contributed by atoms with van der Waals surface area (Å²) in [5.41, 5.74) is 6.71. The Morgan fingerprint density at radius 2 is 2.13 bits per heavy atom. The van der Waals surface area contributed by atoms with Crippen LogP contribution in [0.1, 0.15) is 29.5 Å². The van der Waals surface area contributed by atoms with Gasteiger partial charge < -0.3 is 5.73 Å². The molecule has 0 radical (unpaired) electrons. The van der Waals surface area contributed by atoms with Crippen molar-refractivity contribution < 1.29 is 0 Å². The van der Waals surface area contributed by atoms with Crippen LogP contribution in [0.15, 0.2) is 12.4 Å². The van der Waals surface area contributed by atoms with Crippen molar-refractivity contribution in [3.63, 3.8) is 0 Å². The molecule has 0 amide bonds. The van der Waals surface area contributed by atoms with E-state index in [-0.39, 0.29) is 12.4 Å². The normalized spacial score (nSPS) is 19.9. The van der Waals surface area contributed by atoms with Gasteiger partial charge in [-0.15, -0.1) is 12.4 Å². The molecule has 0 spiro atoms. The van der Waals surface area contributed by atoms with Crippen molar-refractivity contribution in [1.29, 1.82) is 0 Å². The highest BCUT2D eigenvalue weighted by Crippen LogP contribution is 2.39. The highest BCUT2D eigenvalue weighted by atomic mass is 35.5. The Morgan fingerprint density at radius 1 is 1.40 bits per heavy atom. The summed E-state index contributed by atoms with van der Waals surface area (Å²) in [7, 11) is 0. The highest BCUT2D eigenvalue weighted by Gasteiger charge is 2.17. The van der Waals surface area contributed by atoms with E-state index in [1.807, 2.05) is 24.2 Å². The number of thioether (sulfide) groups is 1. The Kier molecular flexibility index (Phi) is 5.36. The average Bonchev–Trinajstić information content (AvgIpc) is 2.72. The number of aromatic nitrogens is 2. The molecule has 1 aromatic heterocycles. The van der Waals surface area contributed by atoms with Crippen LogP contribution in [0.25, 0.3) is 0 Å². The largest absolute Gasteiger partial charge is 0.330 e. The van der Waals surface area contributed by atoms with Crippen molar-refractivity contribution in [2.75, 3.05) is 12.3 Å². The van der Waals surface area contributed by atoms with E-state index in [1.165, 1.54) is 24.2 Å². The van der Waals surface area contributed by atoms with Crippen molar-refractivity contribution in [2.45, 2.75) is 24.5 Å². The molecule has 2 rings (SSSR count). The van der Waals surface area contributed by atoms with Gasteiger partial charge in [-0.05, 0) is 25.1 Å². The van der Waals surface area contributed by atoms with Crippen molar-refractivity contribution in [2.24, 2.45) is 5.73 Å². The van der Waals surface area contributed by atoms with Crippen LogP contribution in [0.5, 0.6) is 0 Å². The van der Waals surface area contributed by atoms with Gasteiger partial charge in [-0.25, -0.2) is 9.97 Å². The van der Waals surface area contributed by atoms with Gasteiger partial charge in [0.2, 0.25) is 0 Å². The zero-order chi connectivity index (χ0) is 9.80. The second-order valence-electron chi connectivity index (χ2n) is 3.47. The van der Waals surface area contributed by atoms with Gasteiger partial charge in [0.15, 0.2) is 0 Å². The first-order chi connectivity index (χ1) is 6.90. The third kappa shape index (κ3) is 3.33. The summed E-state index contributed by atoms with van der Waals surface area (Å²) < 4.78 is 0. The SMILES string of the molecule is Cl.NCCc1ncc(C2CCCS2)cn1. The Labute approximate surface area is 101 Å². The van der Waals surface area contributed by atoms with Crippen LogP contribution < -0.4 is 5.73 Å². The molecule has 1 saturated heterocycles. The number of hydrogen-bond donors (Lipinski definition) is 1. The predicted molar refractivity (Wildman–Crippen MR) is 66.5 cm³/mol. The summed E-state index contributed by atoms with van der Waals surface area (Å²) in [6, 6.07) is 0. The van der Waals surface area contributed by atoms with Crippen molar-refractivity contribution in [1.82, 2.24) is 9.97 Å². The smallest absolute Gasteiger partial charge is 0.129 e. The molecule has 1 fully saturated rings. The van der Waals surface area contributed by atoms with Gasteiger partial charge in [0.1, 0.15) is 5.82 Å². The Morgan fingerprint density at radius 3 is 2.67 bits per heavy atom. The molecule has 15 heavy (non-hydrogen) atoms. The zero-order valence-electron chi connectivity index (χ0n) is 8.56. The molecule has 0 saturated carbocycles. The number of rotatable bonds is 3. The summed E-state index contributed by atoms with van der Waals surface area (Å²) in [6.07, 6.45) is 7.28. The van der Waals surface area contributed by atoms with Gasteiger partial charge in [0.05, 0.1) is 0 Å². The molecule has 0 bridgehead atoms. The first-order valence-corrected chi connectivity index (χ1v) is 6.07. The number of halogens is 1. The van der Waals surface area contributed by atoms with Gasteiger partial charge in [-0.3, -0.25) is 0 Å². The molecule has 0 aliphatic carbocycles. The molecule has 84 valence electrons. The minimum Gasteiger partial charge on any atom is -0.330 e. The van der Waals surface area contributed by atoms with Crippen LogP contribution in [0, 0.1) is 0 Å². The van der Waals surface area contributed by atoms with Crippen LogP contribution in [-0.4, -0.2) is 22.3 Å². The van der Waals surface area contributed by atoms with Crippen LogP contribution >= 0.6 is 24.2 Å². The quantitative estimate of drug-likeness (QED) is 0.885. The van der Waals surface area contributed by atoms with E-state index in [4.69, 9.17) is 5.73 Å². The van der Waals surface area contributed by atoms with E-state index in [0.29, 0.717) is 11.8 Å². The Hall–Kier alpha value is -0.320. The first-order valence-electron chi connectivity index (χ1n) is 5.02. The maximum Gasteiger partial charge on any atom is 0.129 e. The lowest BCUT2D eigenvalue weighted by Gasteiger charge is -2.07. The van der Waals surface area contributed by atoms with E-state index >= 15 is 0 Å². The third-order valence-electron chi connectivity index (χ3n) is 2.39. The second kappa shape index (κ2) is 6.30.